The molecule has 2 bridgehead atoms. The number of aromatic nitrogens is 2. The largest absolute Gasteiger partial charge is 0.339 e. The number of hydrogen-bond donors (Lipinski definition) is 0. The average Bonchev–Trinajstić information content (AvgIpc) is 2.80. The van der Waals surface area contributed by atoms with Gasteiger partial charge in [-0.15, -0.1) is 10.2 Å². The van der Waals surface area contributed by atoms with Crippen LogP contribution in [-0.2, 0) is 9.59 Å². The van der Waals surface area contributed by atoms with Crippen LogP contribution in [0.25, 0.3) is 0 Å². The molecule has 0 N–H and O–H groups in total. The summed E-state index contributed by atoms with van der Waals surface area (Å²) in [6, 6.07) is 0.138. The average molecular weight is 381 g/mol. The zero-order chi connectivity index (χ0) is 18.0. The van der Waals surface area contributed by atoms with Gasteiger partial charge in [-0.05, 0) is 33.6 Å². The summed E-state index contributed by atoms with van der Waals surface area (Å²) < 4.78 is 0.824. The molecule has 3 saturated heterocycles. The van der Waals surface area contributed by atoms with Crippen LogP contribution in [0, 0.1) is 12.8 Å². The number of aryl methyl sites for hydroxylation is 1. The Balaban J connectivity index is 1.63. The maximum atomic E-state index is 12.7. The molecule has 2 amide bonds. The predicted molar refractivity (Wildman–Crippen MR) is 99.6 cm³/mol. The molecular formula is C17H24N4O2S2. The lowest BCUT2D eigenvalue weighted by molar-refractivity contribution is -0.139. The fraction of sp³-hybridized carbons (Fsp3) is 0.647. The molecule has 2 atom stereocenters. The first-order valence-corrected chi connectivity index (χ1v) is 10.4. The fourth-order valence-electron chi connectivity index (χ4n) is 3.32. The van der Waals surface area contributed by atoms with Gasteiger partial charge in [0, 0.05) is 25.7 Å². The van der Waals surface area contributed by atoms with E-state index in [1.807, 2.05) is 30.6 Å². The van der Waals surface area contributed by atoms with Crippen molar-refractivity contribution in [3.63, 3.8) is 0 Å². The van der Waals surface area contributed by atoms with E-state index in [2.05, 4.69) is 16.3 Å². The number of thioether (sulfide) groups is 1. The zero-order valence-corrected chi connectivity index (χ0v) is 16.5. The van der Waals surface area contributed by atoms with Gasteiger partial charge in [-0.25, -0.2) is 0 Å². The lowest BCUT2D eigenvalue weighted by Gasteiger charge is -2.35. The smallest absolute Gasteiger partial charge is 0.233 e. The van der Waals surface area contributed by atoms with E-state index in [-0.39, 0.29) is 23.8 Å². The Morgan fingerprint density at radius 2 is 2.12 bits per heavy atom. The molecule has 8 heteroatoms. The van der Waals surface area contributed by atoms with Gasteiger partial charge in [-0.2, -0.15) is 0 Å². The molecule has 1 aromatic rings. The molecule has 6 nitrogen and oxygen atoms in total. The minimum absolute atomic E-state index is 0.0537. The maximum absolute atomic E-state index is 12.7. The molecule has 136 valence electrons. The SMILES string of the molecule is CC(C)=CCN1C(=O)[C@@H]2CC[C@H]1CN(C(=O)CSc1nnc(C)s1)C2. The van der Waals surface area contributed by atoms with Gasteiger partial charge in [-0.3, -0.25) is 9.59 Å². The van der Waals surface area contributed by atoms with Gasteiger partial charge < -0.3 is 9.80 Å². The van der Waals surface area contributed by atoms with Gasteiger partial charge in [0.15, 0.2) is 4.34 Å². The Bertz CT molecular complexity index is 684. The van der Waals surface area contributed by atoms with Crippen LogP contribution < -0.4 is 0 Å². The van der Waals surface area contributed by atoms with E-state index in [0.717, 1.165) is 22.2 Å². The second-order valence-electron chi connectivity index (χ2n) is 6.87. The van der Waals surface area contributed by atoms with Crippen molar-refractivity contribution in [1.29, 1.82) is 0 Å². The minimum Gasteiger partial charge on any atom is -0.339 e. The van der Waals surface area contributed by atoms with E-state index in [9.17, 15) is 9.59 Å². The number of rotatable bonds is 5. The van der Waals surface area contributed by atoms with Crippen molar-refractivity contribution in [2.24, 2.45) is 5.92 Å². The van der Waals surface area contributed by atoms with Crippen LogP contribution in [-0.4, -0.2) is 63.2 Å². The van der Waals surface area contributed by atoms with Crippen LogP contribution in [0.1, 0.15) is 31.7 Å². The van der Waals surface area contributed by atoms with Gasteiger partial charge in [0.1, 0.15) is 5.01 Å². The van der Waals surface area contributed by atoms with Crippen LogP contribution in [0.4, 0.5) is 0 Å². The molecule has 4 rings (SSSR count). The Hall–Kier alpha value is -1.41. The molecule has 4 heterocycles. The quantitative estimate of drug-likeness (QED) is 0.579. The summed E-state index contributed by atoms with van der Waals surface area (Å²) in [6.45, 7) is 7.85. The number of allylic oxidation sites excluding steroid dienone is 1. The summed E-state index contributed by atoms with van der Waals surface area (Å²) in [7, 11) is 0. The third-order valence-corrected chi connectivity index (χ3v) is 6.63. The van der Waals surface area contributed by atoms with E-state index in [0.29, 0.717) is 25.4 Å². The van der Waals surface area contributed by atoms with Crippen molar-refractivity contribution >= 4 is 34.9 Å². The van der Waals surface area contributed by atoms with Crippen LogP contribution >= 0.6 is 23.1 Å². The highest BCUT2D eigenvalue weighted by Gasteiger charge is 2.41. The van der Waals surface area contributed by atoms with Crippen LogP contribution in [0.2, 0.25) is 0 Å². The topological polar surface area (TPSA) is 66.4 Å². The highest BCUT2D eigenvalue weighted by molar-refractivity contribution is 8.01. The first-order chi connectivity index (χ1) is 11.9. The van der Waals surface area contributed by atoms with Gasteiger partial charge in [0.05, 0.1) is 11.7 Å². The molecule has 3 aliphatic rings. The van der Waals surface area contributed by atoms with Gasteiger partial charge in [0.25, 0.3) is 0 Å². The Morgan fingerprint density at radius 3 is 2.80 bits per heavy atom. The minimum atomic E-state index is -0.0537. The number of nitrogens with zero attached hydrogens (tertiary/aromatic N) is 4. The van der Waals surface area contributed by atoms with E-state index in [4.69, 9.17) is 0 Å². The summed E-state index contributed by atoms with van der Waals surface area (Å²) in [5.41, 5.74) is 1.21. The highest BCUT2D eigenvalue weighted by atomic mass is 32.2. The van der Waals surface area contributed by atoms with Gasteiger partial charge >= 0.3 is 0 Å². The molecule has 3 aliphatic heterocycles. The normalized spacial score (nSPS) is 22.9. The molecule has 25 heavy (non-hydrogen) atoms. The summed E-state index contributed by atoms with van der Waals surface area (Å²) in [5.74, 6) is 0.598. The van der Waals surface area contributed by atoms with Crippen LogP contribution in [0.3, 0.4) is 0 Å². The Kier molecular flexibility index (Phi) is 5.78. The lowest BCUT2D eigenvalue weighted by atomic mass is 9.94. The van der Waals surface area contributed by atoms with E-state index < -0.39 is 0 Å². The van der Waals surface area contributed by atoms with Crippen LogP contribution in [0.15, 0.2) is 16.0 Å². The molecule has 0 spiro atoms. The van der Waals surface area contributed by atoms with Gasteiger partial charge in [-0.1, -0.05) is 34.7 Å². The second-order valence-corrected chi connectivity index (χ2v) is 9.28. The molecule has 0 saturated carbocycles. The number of carbonyl (C=O) groups is 2. The third kappa shape index (κ3) is 4.41. The number of fused-ring (bicyclic) bond motifs is 4. The van der Waals surface area contributed by atoms with E-state index in [1.54, 1.807) is 0 Å². The van der Waals surface area contributed by atoms with Crippen molar-refractivity contribution in [1.82, 2.24) is 20.0 Å². The number of piperidine rings is 1. The first kappa shape index (κ1) is 18.4. The molecule has 0 aliphatic carbocycles. The van der Waals surface area contributed by atoms with Crippen molar-refractivity contribution in [2.75, 3.05) is 25.4 Å². The van der Waals surface area contributed by atoms with Crippen LogP contribution in [0.5, 0.6) is 0 Å². The molecule has 3 fully saturated rings. The molecule has 0 radical (unpaired) electrons. The highest BCUT2D eigenvalue weighted by Crippen LogP contribution is 2.30. The zero-order valence-electron chi connectivity index (χ0n) is 14.9. The maximum Gasteiger partial charge on any atom is 0.233 e. The Morgan fingerprint density at radius 1 is 1.32 bits per heavy atom. The third-order valence-electron chi connectivity index (χ3n) is 4.67. The number of amides is 2. The van der Waals surface area contributed by atoms with Crippen molar-refractivity contribution < 1.29 is 9.59 Å². The Labute approximate surface area is 156 Å². The van der Waals surface area contributed by atoms with Crippen molar-refractivity contribution in [3.05, 3.63) is 16.7 Å². The van der Waals surface area contributed by atoms with Gasteiger partial charge in [0.2, 0.25) is 11.8 Å². The van der Waals surface area contributed by atoms with Crippen molar-refractivity contribution in [3.8, 4) is 0 Å². The number of carbonyl (C=O) groups excluding carboxylic acids is 2. The standard InChI is InChI=1S/C17H24N4O2S2/c1-11(2)6-7-21-14-5-4-13(16(21)23)8-20(9-14)15(22)10-24-17-19-18-12(3)25-17/h6,13-14H,4-5,7-10H2,1-3H3/t13-,14+/m1/s1. The van der Waals surface area contributed by atoms with E-state index in [1.165, 1.54) is 28.7 Å². The number of hydrogen-bond acceptors (Lipinski definition) is 6. The molecule has 0 aromatic carbocycles. The molecular weight excluding hydrogens is 356 g/mol. The summed E-state index contributed by atoms with van der Waals surface area (Å²) >= 11 is 2.94. The summed E-state index contributed by atoms with van der Waals surface area (Å²) in [6.07, 6.45) is 3.97. The molecule has 1 aromatic heterocycles. The summed E-state index contributed by atoms with van der Waals surface area (Å²) in [4.78, 5) is 29.2. The monoisotopic (exact) mass is 380 g/mol. The van der Waals surface area contributed by atoms with Crippen molar-refractivity contribution in [2.45, 2.75) is 44.0 Å². The first-order valence-electron chi connectivity index (χ1n) is 8.58. The molecule has 0 unspecified atom stereocenters. The lowest BCUT2D eigenvalue weighted by Crippen LogP contribution is -2.48. The van der Waals surface area contributed by atoms with E-state index >= 15 is 0 Å². The fourth-order valence-corrected chi connectivity index (χ4v) is 5.04. The second kappa shape index (κ2) is 7.86. The predicted octanol–water partition coefficient (Wildman–Crippen LogP) is 2.35. The summed E-state index contributed by atoms with van der Waals surface area (Å²) in [5, 5.41) is 8.93.